The number of rotatable bonds is 6. The number of anilines is 1. The standard InChI is InChI=1S/C29H38N2S2/c1-20-17-24(18-20)31-22(3)29(27-19-25(32)9-12-28(27)31)13-15-30(16-14-29)21(2)5-6-23-7-10-26(33-4)11-8-23/h7-12,19-21,24,32H,3,5-6,13-18H2,1-2,4H3. The first-order chi connectivity index (χ1) is 15.9. The minimum absolute atomic E-state index is 0.0940. The molecule has 1 aliphatic carbocycles. The lowest BCUT2D eigenvalue weighted by atomic mass is 9.71. The van der Waals surface area contributed by atoms with Crippen molar-refractivity contribution in [3.05, 3.63) is 65.9 Å². The first-order valence-corrected chi connectivity index (χ1v) is 14.3. The van der Waals surface area contributed by atoms with E-state index in [1.165, 1.54) is 59.5 Å². The molecule has 1 saturated heterocycles. The summed E-state index contributed by atoms with van der Waals surface area (Å²) in [7, 11) is 0. The number of benzene rings is 2. The van der Waals surface area contributed by atoms with Crippen LogP contribution in [0.25, 0.3) is 0 Å². The van der Waals surface area contributed by atoms with E-state index in [4.69, 9.17) is 19.2 Å². The zero-order chi connectivity index (χ0) is 23.2. The highest BCUT2D eigenvalue weighted by atomic mass is 32.2. The molecule has 0 amide bonds. The summed E-state index contributed by atoms with van der Waals surface area (Å²) >= 11 is 6.53. The molecule has 2 fully saturated rings. The molecule has 5 rings (SSSR count). The smallest absolute Gasteiger partial charge is 0.0454 e. The second kappa shape index (κ2) is 9.36. The number of thiol groups is 1. The van der Waals surface area contributed by atoms with Crippen molar-refractivity contribution in [1.29, 1.82) is 0 Å². The normalized spacial score (nSPS) is 25.2. The predicted octanol–water partition coefficient (Wildman–Crippen LogP) is 7.18. The minimum Gasteiger partial charge on any atom is -0.341 e. The highest BCUT2D eigenvalue weighted by Gasteiger charge is 2.51. The van der Waals surface area contributed by atoms with Crippen LogP contribution in [0.4, 0.5) is 5.69 Å². The third-order valence-electron chi connectivity index (χ3n) is 8.60. The highest BCUT2D eigenvalue weighted by Crippen LogP contribution is 2.56. The molecule has 3 aliphatic rings. The van der Waals surface area contributed by atoms with E-state index < -0.39 is 0 Å². The van der Waals surface area contributed by atoms with E-state index in [0.717, 1.165) is 30.3 Å². The average Bonchev–Trinajstić information content (AvgIpc) is 3.03. The first-order valence-electron chi connectivity index (χ1n) is 12.6. The van der Waals surface area contributed by atoms with E-state index in [0.29, 0.717) is 12.1 Å². The van der Waals surface area contributed by atoms with Gasteiger partial charge in [0.25, 0.3) is 0 Å². The Hall–Kier alpha value is -1.36. The first kappa shape index (κ1) is 23.4. The molecule has 176 valence electrons. The van der Waals surface area contributed by atoms with Crippen molar-refractivity contribution in [2.24, 2.45) is 5.92 Å². The Balaban J connectivity index is 1.27. The van der Waals surface area contributed by atoms with Gasteiger partial charge in [-0.05, 0) is 112 Å². The van der Waals surface area contributed by atoms with Crippen LogP contribution in [-0.2, 0) is 11.8 Å². The maximum Gasteiger partial charge on any atom is 0.0454 e. The second-order valence-corrected chi connectivity index (χ2v) is 12.0. The predicted molar refractivity (Wildman–Crippen MR) is 146 cm³/mol. The van der Waals surface area contributed by atoms with Gasteiger partial charge in [-0.2, -0.15) is 0 Å². The molecule has 2 nitrogen and oxygen atoms in total. The van der Waals surface area contributed by atoms with Crippen molar-refractivity contribution in [2.45, 2.75) is 79.7 Å². The monoisotopic (exact) mass is 478 g/mol. The maximum atomic E-state index is 4.73. The average molecular weight is 479 g/mol. The van der Waals surface area contributed by atoms with E-state index in [1.807, 2.05) is 11.8 Å². The largest absolute Gasteiger partial charge is 0.341 e. The van der Waals surface area contributed by atoms with Crippen molar-refractivity contribution < 1.29 is 0 Å². The lowest BCUT2D eigenvalue weighted by Crippen LogP contribution is -2.49. The Morgan fingerprint density at radius 2 is 1.82 bits per heavy atom. The topological polar surface area (TPSA) is 6.48 Å². The van der Waals surface area contributed by atoms with Gasteiger partial charge < -0.3 is 9.80 Å². The molecule has 0 radical (unpaired) electrons. The molecule has 0 aromatic heterocycles. The molecule has 0 bridgehead atoms. The Morgan fingerprint density at radius 3 is 2.45 bits per heavy atom. The van der Waals surface area contributed by atoms with Crippen LogP contribution in [0, 0.1) is 5.92 Å². The van der Waals surface area contributed by atoms with Crippen LogP contribution in [0.3, 0.4) is 0 Å². The van der Waals surface area contributed by atoms with Gasteiger partial charge in [-0.1, -0.05) is 25.6 Å². The molecule has 2 aromatic carbocycles. The van der Waals surface area contributed by atoms with Crippen molar-refractivity contribution in [1.82, 2.24) is 4.90 Å². The van der Waals surface area contributed by atoms with Gasteiger partial charge in [0.1, 0.15) is 0 Å². The SMILES string of the molecule is C=C1N(C2CC(C)C2)c2ccc(S)cc2C12CCN(C(C)CCc1ccc(SC)cc1)CC2. The van der Waals surface area contributed by atoms with Gasteiger partial charge >= 0.3 is 0 Å². The molecule has 0 N–H and O–H groups in total. The fourth-order valence-corrected chi connectivity index (χ4v) is 7.00. The van der Waals surface area contributed by atoms with Gasteiger partial charge in [-0.25, -0.2) is 0 Å². The Bertz CT molecular complexity index is 1000. The maximum absolute atomic E-state index is 4.73. The fraction of sp³-hybridized carbons (Fsp3) is 0.517. The van der Waals surface area contributed by atoms with Crippen molar-refractivity contribution in [2.75, 3.05) is 24.2 Å². The van der Waals surface area contributed by atoms with Crippen LogP contribution in [-0.4, -0.2) is 36.3 Å². The third kappa shape index (κ3) is 4.28. The Labute approximate surface area is 210 Å². The van der Waals surface area contributed by atoms with Gasteiger partial charge in [-0.3, -0.25) is 0 Å². The van der Waals surface area contributed by atoms with Gasteiger partial charge in [0.2, 0.25) is 0 Å². The summed E-state index contributed by atoms with van der Waals surface area (Å²) in [6.07, 6.45) is 9.43. The van der Waals surface area contributed by atoms with Gasteiger partial charge in [-0.15, -0.1) is 24.4 Å². The van der Waals surface area contributed by atoms with Crippen molar-refractivity contribution in [3.63, 3.8) is 0 Å². The van der Waals surface area contributed by atoms with Crippen LogP contribution in [0.1, 0.15) is 57.1 Å². The summed E-state index contributed by atoms with van der Waals surface area (Å²) in [6, 6.07) is 17.1. The number of nitrogens with zero attached hydrogens (tertiary/aromatic N) is 2. The van der Waals surface area contributed by atoms with Gasteiger partial charge in [0, 0.05) is 38.7 Å². The number of hydrogen-bond acceptors (Lipinski definition) is 4. The molecule has 1 atom stereocenters. The van der Waals surface area contributed by atoms with Crippen molar-refractivity contribution in [3.8, 4) is 0 Å². The number of hydrogen-bond donors (Lipinski definition) is 1. The number of likely N-dealkylation sites (tertiary alicyclic amines) is 1. The molecule has 1 saturated carbocycles. The summed E-state index contributed by atoms with van der Waals surface area (Å²) in [5.41, 5.74) is 5.80. The number of fused-ring (bicyclic) bond motifs is 2. The van der Waals surface area contributed by atoms with Crippen LogP contribution in [0.2, 0.25) is 0 Å². The molecular weight excluding hydrogens is 440 g/mol. The summed E-state index contributed by atoms with van der Waals surface area (Å²) in [5.74, 6) is 0.839. The molecule has 4 heteroatoms. The van der Waals surface area contributed by atoms with E-state index in [9.17, 15) is 0 Å². The van der Waals surface area contributed by atoms with Crippen LogP contribution in [0.5, 0.6) is 0 Å². The minimum atomic E-state index is 0.0940. The summed E-state index contributed by atoms with van der Waals surface area (Å²) in [4.78, 5) is 7.75. The lowest BCUT2D eigenvalue weighted by molar-refractivity contribution is 0.130. The number of allylic oxidation sites excluding steroid dienone is 1. The molecule has 2 aliphatic heterocycles. The Morgan fingerprint density at radius 1 is 1.12 bits per heavy atom. The second-order valence-electron chi connectivity index (χ2n) is 10.6. The number of aryl methyl sites for hydroxylation is 1. The summed E-state index contributed by atoms with van der Waals surface area (Å²) < 4.78 is 0. The zero-order valence-electron chi connectivity index (χ0n) is 20.4. The molecule has 2 aromatic rings. The molecule has 33 heavy (non-hydrogen) atoms. The molecule has 1 unspecified atom stereocenters. The van der Waals surface area contributed by atoms with Crippen LogP contribution in [0.15, 0.2) is 64.5 Å². The van der Waals surface area contributed by atoms with Crippen LogP contribution < -0.4 is 4.90 Å². The summed E-state index contributed by atoms with van der Waals surface area (Å²) in [6.45, 7) is 11.8. The quantitative estimate of drug-likeness (QED) is 0.347. The van der Waals surface area contributed by atoms with E-state index in [-0.39, 0.29) is 5.41 Å². The third-order valence-corrected chi connectivity index (χ3v) is 9.62. The molecule has 1 spiro atoms. The van der Waals surface area contributed by atoms with E-state index in [2.05, 4.69) is 72.4 Å². The van der Waals surface area contributed by atoms with Crippen LogP contribution >= 0.6 is 24.4 Å². The van der Waals surface area contributed by atoms with Gasteiger partial charge in [0.15, 0.2) is 0 Å². The zero-order valence-corrected chi connectivity index (χ0v) is 22.1. The summed E-state index contributed by atoms with van der Waals surface area (Å²) in [5, 5.41) is 0. The number of piperidine rings is 1. The number of thioether (sulfide) groups is 1. The van der Waals surface area contributed by atoms with Gasteiger partial charge in [0.05, 0.1) is 0 Å². The molecule has 2 heterocycles. The van der Waals surface area contributed by atoms with Crippen molar-refractivity contribution >= 4 is 30.1 Å². The fourth-order valence-electron chi connectivity index (χ4n) is 6.39. The highest BCUT2D eigenvalue weighted by molar-refractivity contribution is 7.98. The molecular formula is C29H38N2S2. The Kier molecular flexibility index (Phi) is 6.63. The van der Waals surface area contributed by atoms with E-state index in [1.54, 1.807) is 0 Å². The van der Waals surface area contributed by atoms with E-state index >= 15 is 0 Å². The lowest BCUT2D eigenvalue weighted by Gasteiger charge is -2.46.